The molecule has 1 aliphatic carbocycles. The lowest BCUT2D eigenvalue weighted by Crippen LogP contribution is -2.55. The molecule has 7 nitrogen and oxygen atoms in total. The Hall–Kier alpha value is -4.91. The van der Waals surface area contributed by atoms with Crippen molar-refractivity contribution in [1.29, 1.82) is 0 Å². The molecule has 0 heterocycles. The molecule has 4 aromatic rings. The van der Waals surface area contributed by atoms with Crippen LogP contribution in [0.3, 0.4) is 0 Å². The summed E-state index contributed by atoms with van der Waals surface area (Å²) in [5.41, 5.74) is 6.28. The summed E-state index contributed by atoms with van der Waals surface area (Å²) < 4.78 is 5.74. The number of hydrogen-bond donors (Lipinski definition) is 2. The van der Waals surface area contributed by atoms with Gasteiger partial charge in [0.05, 0.1) is 0 Å². The second-order valence-electron chi connectivity index (χ2n) is 10.7. The van der Waals surface area contributed by atoms with Gasteiger partial charge in [0.1, 0.15) is 18.7 Å². The molecule has 0 aromatic heterocycles. The SMILES string of the molecule is CN(C)C(=O)[C@H](Cc1ccccc1)NC(=O)[C@H](Cc1ccccc1)NC(=O)OCC1c2ccccc2-c2ccccc21. The molecule has 1 aliphatic rings. The molecule has 0 unspecified atom stereocenters. The Balaban J connectivity index is 1.31. The van der Waals surface area contributed by atoms with Crippen LogP contribution < -0.4 is 10.6 Å². The number of likely N-dealkylation sites (N-methyl/N-ethyl adjacent to an activating group) is 1. The summed E-state index contributed by atoms with van der Waals surface area (Å²) in [6.07, 6.45) is -0.121. The molecule has 0 radical (unpaired) electrons. The number of nitrogens with one attached hydrogen (secondary N) is 2. The van der Waals surface area contributed by atoms with E-state index in [0.29, 0.717) is 6.42 Å². The summed E-state index contributed by atoms with van der Waals surface area (Å²) >= 11 is 0. The molecule has 2 N–H and O–H groups in total. The zero-order valence-corrected chi connectivity index (χ0v) is 23.8. The van der Waals surface area contributed by atoms with Crippen LogP contribution in [0.1, 0.15) is 28.2 Å². The molecule has 3 amide bonds. The number of fused-ring (bicyclic) bond motifs is 3. The average Bonchev–Trinajstić information content (AvgIpc) is 3.33. The molecule has 0 saturated heterocycles. The van der Waals surface area contributed by atoms with Crippen LogP contribution in [-0.4, -0.2) is 55.6 Å². The normalized spacial score (nSPS) is 13.3. The van der Waals surface area contributed by atoms with Crippen molar-refractivity contribution < 1.29 is 19.1 Å². The third-order valence-electron chi connectivity index (χ3n) is 7.57. The van der Waals surface area contributed by atoms with Crippen molar-refractivity contribution in [3.8, 4) is 11.1 Å². The highest BCUT2D eigenvalue weighted by molar-refractivity contribution is 5.91. The maximum Gasteiger partial charge on any atom is 0.407 e. The van der Waals surface area contributed by atoms with Crippen molar-refractivity contribution in [2.75, 3.05) is 20.7 Å². The van der Waals surface area contributed by atoms with Crippen LogP contribution in [-0.2, 0) is 27.2 Å². The average molecular weight is 562 g/mol. The van der Waals surface area contributed by atoms with Gasteiger partial charge >= 0.3 is 6.09 Å². The third-order valence-corrected chi connectivity index (χ3v) is 7.57. The minimum Gasteiger partial charge on any atom is -0.449 e. The summed E-state index contributed by atoms with van der Waals surface area (Å²) in [5.74, 6) is -0.784. The van der Waals surface area contributed by atoms with E-state index in [2.05, 4.69) is 34.9 Å². The second-order valence-corrected chi connectivity index (χ2v) is 10.7. The number of benzene rings is 4. The molecule has 7 heteroatoms. The van der Waals surface area contributed by atoms with E-state index in [4.69, 9.17) is 4.74 Å². The predicted molar refractivity (Wildman–Crippen MR) is 163 cm³/mol. The maximum atomic E-state index is 13.6. The van der Waals surface area contributed by atoms with E-state index in [1.165, 1.54) is 4.90 Å². The first-order valence-electron chi connectivity index (χ1n) is 14.1. The Morgan fingerprint density at radius 3 is 1.67 bits per heavy atom. The number of hydrogen-bond acceptors (Lipinski definition) is 4. The van der Waals surface area contributed by atoms with Gasteiger partial charge in [-0.05, 0) is 33.4 Å². The predicted octanol–water partition coefficient (Wildman–Crippen LogP) is 4.95. The maximum absolute atomic E-state index is 13.6. The summed E-state index contributed by atoms with van der Waals surface area (Å²) in [6, 6.07) is 33.5. The van der Waals surface area contributed by atoms with Crippen molar-refractivity contribution in [3.63, 3.8) is 0 Å². The lowest BCUT2D eigenvalue weighted by atomic mass is 9.98. The van der Waals surface area contributed by atoms with Gasteiger partial charge in [-0.1, -0.05) is 109 Å². The van der Waals surface area contributed by atoms with Crippen LogP contribution in [0.5, 0.6) is 0 Å². The fourth-order valence-corrected chi connectivity index (χ4v) is 5.48. The van der Waals surface area contributed by atoms with Gasteiger partial charge in [-0.2, -0.15) is 0 Å². The Labute approximate surface area is 246 Å². The highest BCUT2D eigenvalue weighted by Crippen LogP contribution is 2.44. The number of nitrogens with zero attached hydrogens (tertiary/aromatic N) is 1. The van der Waals surface area contributed by atoms with Crippen LogP contribution in [0.4, 0.5) is 4.79 Å². The highest BCUT2D eigenvalue weighted by Gasteiger charge is 2.31. The molecule has 5 rings (SSSR count). The summed E-state index contributed by atoms with van der Waals surface area (Å²) in [4.78, 5) is 41.3. The number of amides is 3. The minimum atomic E-state index is -0.948. The van der Waals surface area contributed by atoms with Gasteiger partial charge in [0.15, 0.2) is 0 Å². The lowest BCUT2D eigenvalue weighted by Gasteiger charge is -2.25. The second kappa shape index (κ2) is 13.2. The molecular formula is C35H35N3O4. The first kappa shape index (κ1) is 28.6. The van der Waals surface area contributed by atoms with E-state index in [1.807, 2.05) is 84.9 Å². The topological polar surface area (TPSA) is 87.7 Å². The number of carbonyl (C=O) groups excluding carboxylic acids is 3. The third kappa shape index (κ3) is 6.69. The number of ether oxygens (including phenoxy) is 1. The molecule has 214 valence electrons. The lowest BCUT2D eigenvalue weighted by molar-refractivity contribution is -0.134. The van der Waals surface area contributed by atoms with Crippen molar-refractivity contribution in [1.82, 2.24) is 15.5 Å². The molecule has 4 aromatic carbocycles. The smallest absolute Gasteiger partial charge is 0.407 e. The quantitative estimate of drug-likeness (QED) is 0.287. The van der Waals surface area contributed by atoms with Crippen LogP contribution in [0.25, 0.3) is 11.1 Å². The summed E-state index contributed by atoms with van der Waals surface area (Å²) in [5, 5.41) is 5.67. The van der Waals surface area contributed by atoms with Gasteiger partial charge in [-0.25, -0.2) is 4.79 Å². The molecule has 0 fully saturated rings. The summed E-state index contributed by atoms with van der Waals surface area (Å²) in [7, 11) is 3.31. The van der Waals surface area contributed by atoms with E-state index in [0.717, 1.165) is 33.4 Å². The zero-order valence-electron chi connectivity index (χ0n) is 23.8. The van der Waals surface area contributed by atoms with E-state index in [9.17, 15) is 14.4 Å². The van der Waals surface area contributed by atoms with Crippen LogP contribution in [0, 0.1) is 0 Å². The van der Waals surface area contributed by atoms with Crippen LogP contribution in [0.2, 0.25) is 0 Å². The number of alkyl carbamates (subject to hydrolysis) is 1. The van der Waals surface area contributed by atoms with E-state index < -0.39 is 24.1 Å². The fraction of sp³-hybridized carbons (Fsp3) is 0.229. The Morgan fingerprint density at radius 1 is 0.667 bits per heavy atom. The zero-order chi connectivity index (χ0) is 29.5. The Morgan fingerprint density at radius 2 is 1.14 bits per heavy atom. The molecule has 0 spiro atoms. The van der Waals surface area contributed by atoms with E-state index in [-0.39, 0.29) is 24.9 Å². The standard InChI is InChI=1S/C35H35N3O4/c1-38(2)34(40)32(22-25-15-7-4-8-16-25)36-33(39)31(21-24-13-5-3-6-14-24)37-35(41)42-23-30-28-19-11-9-17-26(28)27-18-10-12-20-29(27)30/h3-20,30-32H,21-23H2,1-2H3,(H,36,39)(H,37,41)/t31-,32-/m0/s1. The Kier molecular flexibility index (Phi) is 8.97. The van der Waals surface area contributed by atoms with Gasteiger partial charge in [0, 0.05) is 32.9 Å². The number of rotatable bonds is 10. The summed E-state index contributed by atoms with van der Waals surface area (Å²) in [6.45, 7) is 0.134. The van der Waals surface area contributed by atoms with Crippen molar-refractivity contribution in [3.05, 3.63) is 131 Å². The molecular weight excluding hydrogens is 526 g/mol. The minimum absolute atomic E-state index is 0.0995. The van der Waals surface area contributed by atoms with Crippen LogP contribution >= 0.6 is 0 Å². The first-order valence-corrected chi connectivity index (χ1v) is 14.1. The van der Waals surface area contributed by atoms with Crippen molar-refractivity contribution in [2.45, 2.75) is 30.8 Å². The highest BCUT2D eigenvalue weighted by atomic mass is 16.5. The first-order chi connectivity index (χ1) is 20.4. The van der Waals surface area contributed by atoms with Crippen molar-refractivity contribution in [2.24, 2.45) is 0 Å². The largest absolute Gasteiger partial charge is 0.449 e. The number of carbonyl (C=O) groups is 3. The van der Waals surface area contributed by atoms with Crippen molar-refractivity contribution >= 4 is 17.9 Å². The van der Waals surface area contributed by atoms with E-state index in [1.54, 1.807) is 14.1 Å². The van der Waals surface area contributed by atoms with Gasteiger partial charge in [-0.3, -0.25) is 9.59 Å². The monoisotopic (exact) mass is 561 g/mol. The molecule has 0 aliphatic heterocycles. The van der Waals surface area contributed by atoms with Gasteiger partial charge in [0.2, 0.25) is 11.8 Å². The fourth-order valence-electron chi connectivity index (χ4n) is 5.48. The van der Waals surface area contributed by atoms with Gasteiger partial charge < -0.3 is 20.3 Å². The molecule has 0 bridgehead atoms. The van der Waals surface area contributed by atoms with Gasteiger partial charge in [-0.15, -0.1) is 0 Å². The molecule has 42 heavy (non-hydrogen) atoms. The molecule has 2 atom stereocenters. The molecule has 0 saturated carbocycles. The van der Waals surface area contributed by atoms with E-state index >= 15 is 0 Å². The Bertz CT molecular complexity index is 1490. The van der Waals surface area contributed by atoms with Crippen LogP contribution in [0.15, 0.2) is 109 Å². The van der Waals surface area contributed by atoms with Gasteiger partial charge in [0.25, 0.3) is 0 Å².